The number of likely N-dealkylation sites (tertiary alicyclic amines) is 1. The van der Waals surface area contributed by atoms with Crippen LogP contribution in [0, 0.1) is 12.8 Å². The van der Waals surface area contributed by atoms with Crippen molar-refractivity contribution in [3.05, 3.63) is 35.4 Å². The molecule has 1 aliphatic heterocycles. The molecular weight excluding hydrogens is 242 g/mol. The SMILES string of the molecule is CC.Cc1cccc([C@@]23CCC[C@@H]([C@H]2C)N(C)CC3)c1. The zero-order chi connectivity index (χ0) is 14.8. The van der Waals surface area contributed by atoms with Gasteiger partial charge in [-0.25, -0.2) is 0 Å². The Morgan fingerprint density at radius 1 is 1.20 bits per heavy atom. The average Bonchev–Trinajstić information content (AvgIpc) is 2.46. The summed E-state index contributed by atoms with van der Waals surface area (Å²) in [6.07, 6.45) is 5.52. The number of nitrogens with zero attached hydrogens (tertiary/aromatic N) is 1. The minimum Gasteiger partial charge on any atom is -0.303 e. The first-order valence-corrected chi connectivity index (χ1v) is 8.41. The molecule has 3 atom stereocenters. The Balaban J connectivity index is 0.000000704. The van der Waals surface area contributed by atoms with Crippen LogP contribution >= 0.6 is 0 Å². The monoisotopic (exact) mass is 273 g/mol. The van der Waals surface area contributed by atoms with Crippen LogP contribution < -0.4 is 0 Å². The molecule has 0 spiro atoms. The van der Waals surface area contributed by atoms with Crippen LogP contribution in [0.4, 0.5) is 0 Å². The van der Waals surface area contributed by atoms with Crippen LogP contribution in [0.3, 0.4) is 0 Å². The normalized spacial score (nSPS) is 33.2. The van der Waals surface area contributed by atoms with Crippen LogP contribution in [0.25, 0.3) is 0 Å². The third kappa shape index (κ3) is 2.53. The number of hydrogen-bond acceptors (Lipinski definition) is 1. The summed E-state index contributed by atoms with van der Waals surface area (Å²) in [5.41, 5.74) is 3.48. The van der Waals surface area contributed by atoms with Crippen molar-refractivity contribution in [2.24, 2.45) is 5.92 Å². The summed E-state index contributed by atoms with van der Waals surface area (Å²) < 4.78 is 0. The van der Waals surface area contributed by atoms with Gasteiger partial charge in [0.1, 0.15) is 0 Å². The Kier molecular flexibility index (Phi) is 4.90. The fourth-order valence-electron chi connectivity index (χ4n) is 4.48. The summed E-state index contributed by atoms with van der Waals surface area (Å²) >= 11 is 0. The Bertz CT molecular complexity index is 439. The van der Waals surface area contributed by atoms with Crippen molar-refractivity contribution in [3.8, 4) is 0 Å². The van der Waals surface area contributed by atoms with Crippen molar-refractivity contribution in [2.75, 3.05) is 13.6 Å². The molecule has 20 heavy (non-hydrogen) atoms. The second-order valence-corrected chi connectivity index (χ2v) is 6.50. The summed E-state index contributed by atoms with van der Waals surface area (Å²) in [5.74, 6) is 0.798. The number of aryl methyl sites for hydroxylation is 1. The molecule has 1 aromatic rings. The third-order valence-corrected chi connectivity index (χ3v) is 5.64. The molecule has 2 aliphatic rings. The highest BCUT2D eigenvalue weighted by Gasteiger charge is 2.48. The summed E-state index contributed by atoms with van der Waals surface area (Å²) in [6, 6.07) is 10.1. The van der Waals surface area contributed by atoms with E-state index < -0.39 is 0 Å². The van der Waals surface area contributed by atoms with E-state index in [1.165, 1.54) is 37.8 Å². The lowest BCUT2D eigenvalue weighted by atomic mass is 9.57. The third-order valence-electron chi connectivity index (χ3n) is 5.64. The quantitative estimate of drug-likeness (QED) is 0.711. The molecule has 0 N–H and O–H groups in total. The Hall–Kier alpha value is -0.820. The lowest BCUT2D eigenvalue weighted by Gasteiger charge is -2.55. The van der Waals surface area contributed by atoms with Gasteiger partial charge in [0.05, 0.1) is 0 Å². The maximum Gasteiger partial charge on any atom is 0.0126 e. The molecule has 1 aliphatic carbocycles. The van der Waals surface area contributed by atoms with E-state index in [0.29, 0.717) is 5.41 Å². The van der Waals surface area contributed by atoms with Crippen LogP contribution in [0.2, 0.25) is 0 Å². The lowest BCUT2D eigenvalue weighted by Crippen LogP contribution is -2.56. The average molecular weight is 273 g/mol. The number of rotatable bonds is 1. The van der Waals surface area contributed by atoms with Gasteiger partial charge in [0.25, 0.3) is 0 Å². The number of piperidine rings is 1. The van der Waals surface area contributed by atoms with Crippen LogP contribution in [0.15, 0.2) is 24.3 Å². The first kappa shape index (κ1) is 15.6. The Morgan fingerprint density at radius 3 is 2.65 bits per heavy atom. The number of benzene rings is 1. The Morgan fingerprint density at radius 2 is 1.95 bits per heavy atom. The first-order chi connectivity index (χ1) is 9.63. The van der Waals surface area contributed by atoms with Gasteiger partial charge in [0.2, 0.25) is 0 Å². The zero-order valence-corrected chi connectivity index (χ0v) is 13.9. The second-order valence-electron chi connectivity index (χ2n) is 6.50. The first-order valence-electron chi connectivity index (χ1n) is 8.41. The van der Waals surface area contributed by atoms with Crippen LogP contribution in [-0.4, -0.2) is 24.5 Å². The predicted octanol–water partition coefficient (Wildman–Crippen LogP) is 4.78. The van der Waals surface area contributed by atoms with E-state index in [1.807, 2.05) is 13.8 Å². The van der Waals surface area contributed by atoms with E-state index >= 15 is 0 Å². The standard InChI is InChI=1S/C17H25N.C2H6/c1-13-6-4-7-15(12-13)17-9-5-8-16(14(17)2)18(3)11-10-17;1-2/h4,6-7,12,14,16H,5,8-11H2,1-3H3;1-2H3/t14-,16+,17-;/m1./s1. The van der Waals surface area contributed by atoms with Gasteiger partial charge < -0.3 is 4.90 Å². The van der Waals surface area contributed by atoms with Crippen LogP contribution in [0.1, 0.15) is 57.6 Å². The van der Waals surface area contributed by atoms with Gasteiger partial charge >= 0.3 is 0 Å². The number of fused-ring (bicyclic) bond motifs is 2. The molecule has 0 amide bonds. The van der Waals surface area contributed by atoms with Crippen LogP contribution in [-0.2, 0) is 5.41 Å². The predicted molar refractivity (Wildman–Crippen MR) is 88.3 cm³/mol. The Labute approximate surface area is 125 Å². The van der Waals surface area contributed by atoms with Gasteiger partial charge in [-0.15, -0.1) is 0 Å². The zero-order valence-electron chi connectivity index (χ0n) is 13.9. The molecule has 0 aromatic heterocycles. The van der Waals surface area contributed by atoms with Crippen molar-refractivity contribution in [3.63, 3.8) is 0 Å². The minimum atomic E-state index is 0.460. The van der Waals surface area contributed by atoms with E-state index in [0.717, 1.165) is 12.0 Å². The van der Waals surface area contributed by atoms with E-state index in [-0.39, 0.29) is 0 Å². The molecule has 1 heterocycles. The van der Waals surface area contributed by atoms with E-state index in [4.69, 9.17) is 0 Å². The molecule has 112 valence electrons. The fourth-order valence-corrected chi connectivity index (χ4v) is 4.48. The molecule has 0 radical (unpaired) electrons. The fraction of sp³-hybridized carbons (Fsp3) is 0.684. The van der Waals surface area contributed by atoms with Crippen molar-refractivity contribution in [1.82, 2.24) is 4.90 Å². The number of hydrogen-bond donors (Lipinski definition) is 0. The van der Waals surface area contributed by atoms with Crippen molar-refractivity contribution in [1.29, 1.82) is 0 Å². The molecule has 1 nitrogen and oxygen atoms in total. The molecule has 3 rings (SSSR count). The topological polar surface area (TPSA) is 3.24 Å². The molecule has 1 saturated heterocycles. The smallest absolute Gasteiger partial charge is 0.0126 e. The summed E-state index contributed by atoms with van der Waals surface area (Å²) in [6.45, 7) is 9.98. The lowest BCUT2D eigenvalue weighted by molar-refractivity contribution is 0.0126. The molecular formula is C19H31N. The van der Waals surface area contributed by atoms with Gasteiger partial charge in [0.15, 0.2) is 0 Å². The van der Waals surface area contributed by atoms with Gasteiger partial charge in [-0.3, -0.25) is 0 Å². The summed E-state index contributed by atoms with van der Waals surface area (Å²) in [7, 11) is 2.31. The van der Waals surface area contributed by atoms with Crippen molar-refractivity contribution in [2.45, 2.75) is 64.8 Å². The van der Waals surface area contributed by atoms with E-state index in [9.17, 15) is 0 Å². The van der Waals surface area contributed by atoms with Gasteiger partial charge in [-0.05, 0) is 51.3 Å². The maximum absolute atomic E-state index is 2.60. The molecule has 2 fully saturated rings. The molecule has 2 bridgehead atoms. The molecule has 1 heteroatoms. The minimum absolute atomic E-state index is 0.460. The van der Waals surface area contributed by atoms with Gasteiger partial charge in [0, 0.05) is 11.5 Å². The van der Waals surface area contributed by atoms with Crippen molar-refractivity contribution < 1.29 is 0 Å². The highest BCUT2D eigenvalue weighted by atomic mass is 15.1. The molecule has 1 aromatic carbocycles. The summed E-state index contributed by atoms with van der Waals surface area (Å²) in [4.78, 5) is 2.60. The van der Waals surface area contributed by atoms with E-state index in [2.05, 4.69) is 50.1 Å². The highest BCUT2D eigenvalue weighted by molar-refractivity contribution is 5.32. The maximum atomic E-state index is 2.60. The van der Waals surface area contributed by atoms with Gasteiger partial charge in [-0.2, -0.15) is 0 Å². The highest BCUT2D eigenvalue weighted by Crippen LogP contribution is 2.50. The van der Waals surface area contributed by atoms with E-state index in [1.54, 1.807) is 5.56 Å². The molecule has 1 saturated carbocycles. The second kappa shape index (κ2) is 6.30. The van der Waals surface area contributed by atoms with Crippen molar-refractivity contribution >= 4 is 0 Å². The summed E-state index contributed by atoms with van der Waals surface area (Å²) in [5, 5.41) is 0. The van der Waals surface area contributed by atoms with Gasteiger partial charge in [-0.1, -0.05) is 57.0 Å². The van der Waals surface area contributed by atoms with Crippen LogP contribution in [0.5, 0.6) is 0 Å². The molecule has 0 unspecified atom stereocenters. The largest absolute Gasteiger partial charge is 0.303 e.